The predicted octanol–water partition coefficient (Wildman–Crippen LogP) is 5.68. The quantitative estimate of drug-likeness (QED) is 0.381. The standard InChI is InChI=1S/C26H38ClN5/c1-6-30(7-2)14-16-32(17-15-31(8-3)9-4)22-12-10-21(11-13-22)26-28-24-18-20(5)23(27)19-25(24)29-26/h10-13,18-19H,6-9,14-17H2,1-5H3,(H,28,29). The smallest absolute Gasteiger partial charge is 0.138 e. The van der Waals surface area contributed by atoms with E-state index in [1.165, 1.54) is 5.69 Å². The summed E-state index contributed by atoms with van der Waals surface area (Å²) >= 11 is 6.28. The van der Waals surface area contributed by atoms with E-state index in [0.29, 0.717) is 0 Å². The number of H-pyrrole nitrogens is 1. The minimum Gasteiger partial charge on any atom is -0.369 e. The van der Waals surface area contributed by atoms with Crippen LogP contribution in [0.4, 0.5) is 5.69 Å². The van der Waals surface area contributed by atoms with Crippen molar-refractivity contribution in [2.45, 2.75) is 34.6 Å². The van der Waals surface area contributed by atoms with E-state index in [0.717, 1.165) is 85.4 Å². The van der Waals surface area contributed by atoms with E-state index in [1.54, 1.807) is 0 Å². The molecule has 3 rings (SSSR count). The summed E-state index contributed by atoms with van der Waals surface area (Å²) in [4.78, 5) is 15.7. The van der Waals surface area contributed by atoms with Crippen LogP contribution in [0.15, 0.2) is 36.4 Å². The lowest BCUT2D eigenvalue weighted by Crippen LogP contribution is -2.39. The number of aromatic nitrogens is 2. The van der Waals surface area contributed by atoms with Gasteiger partial charge in [0.05, 0.1) is 11.0 Å². The summed E-state index contributed by atoms with van der Waals surface area (Å²) in [5.74, 6) is 0.881. The van der Waals surface area contributed by atoms with Crippen LogP contribution in [0.1, 0.15) is 33.3 Å². The first kappa shape index (κ1) is 24.6. The van der Waals surface area contributed by atoms with Crippen LogP contribution in [0, 0.1) is 6.92 Å². The number of nitrogens with zero attached hydrogens (tertiary/aromatic N) is 4. The van der Waals surface area contributed by atoms with Gasteiger partial charge in [0.15, 0.2) is 0 Å². The van der Waals surface area contributed by atoms with Crippen LogP contribution in [0.2, 0.25) is 5.02 Å². The Morgan fingerprint density at radius 3 is 1.91 bits per heavy atom. The van der Waals surface area contributed by atoms with Gasteiger partial charge in [-0.15, -0.1) is 0 Å². The highest BCUT2D eigenvalue weighted by atomic mass is 35.5. The second-order valence-corrected chi connectivity index (χ2v) is 8.70. The van der Waals surface area contributed by atoms with Crippen molar-refractivity contribution in [2.75, 3.05) is 57.3 Å². The zero-order valence-corrected chi connectivity index (χ0v) is 21.0. The van der Waals surface area contributed by atoms with Gasteiger partial charge in [0.1, 0.15) is 5.82 Å². The summed E-state index contributed by atoms with van der Waals surface area (Å²) in [6.45, 7) is 19.6. The molecule has 0 atom stereocenters. The van der Waals surface area contributed by atoms with E-state index >= 15 is 0 Å². The monoisotopic (exact) mass is 455 g/mol. The third kappa shape index (κ3) is 6.03. The lowest BCUT2D eigenvalue weighted by Gasteiger charge is -2.30. The number of nitrogens with one attached hydrogen (secondary N) is 1. The Balaban J connectivity index is 1.79. The van der Waals surface area contributed by atoms with E-state index in [2.05, 4.69) is 77.7 Å². The van der Waals surface area contributed by atoms with Gasteiger partial charge in [-0.1, -0.05) is 39.3 Å². The van der Waals surface area contributed by atoms with Crippen LogP contribution in [-0.4, -0.2) is 72.1 Å². The summed E-state index contributed by atoms with van der Waals surface area (Å²) in [5, 5.41) is 0.753. The normalized spacial score (nSPS) is 11.8. The van der Waals surface area contributed by atoms with E-state index in [4.69, 9.17) is 16.6 Å². The van der Waals surface area contributed by atoms with Crippen LogP contribution in [-0.2, 0) is 0 Å². The van der Waals surface area contributed by atoms with Crippen molar-refractivity contribution in [3.8, 4) is 11.4 Å². The Labute approximate surface area is 198 Å². The van der Waals surface area contributed by atoms with Gasteiger partial charge in [-0.3, -0.25) is 0 Å². The average Bonchev–Trinajstić information content (AvgIpc) is 3.22. The van der Waals surface area contributed by atoms with Gasteiger partial charge in [-0.25, -0.2) is 4.98 Å². The SMILES string of the molecule is CCN(CC)CCN(CCN(CC)CC)c1ccc(-c2nc3cc(Cl)c(C)cc3[nH]2)cc1. The van der Waals surface area contributed by atoms with Gasteiger partial charge in [0.25, 0.3) is 0 Å². The number of hydrogen-bond donors (Lipinski definition) is 1. The van der Waals surface area contributed by atoms with Crippen molar-refractivity contribution in [1.29, 1.82) is 0 Å². The molecule has 0 saturated carbocycles. The van der Waals surface area contributed by atoms with Crippen LogP contribution >= 0.6 is 11.6 Å². The fourth-order valence-electron chi connectivity index (χ4n) is 4.08. The second-order valence-electron chi connectivity index (χ2n) is 8.29. The fourth-order valence-corrected chi connectivity index (χ4v) is 4.24. The summed E-state index contributed by atoms with van der Waals surface area (Å²) in [6, 6.07) is 12.8. The molecule has 0 radical (unpaired) electrons. The number of benzene rings is 2. The third-order valence-electron chi connectivity index (χ3n) is 6.43. The van der Waals surface area contributed by atoms with Gasteiger partial charge in [-0.05, 0) is 75.1 Å². The lowest BCUT2D eigenvalue weighted by atomic mass is 10.2. The topological polar surface area (TPSA) is 38.4 Å². The molecule has 0 unspecified atom stereocenters. The lowest BCUT2D eigenvalue weighted by molar-refractivity contribution is 0.294. The Hall–Kier alpha value is -2.08. The molecule has 0 saturated heterocycles. The molecule has 5 nitrogen and oxygen atoms in total. The van der Waals surface area contributed by atoms with Crippen LogP contribution in [0.3, 0.4) is 0 Å². The maximum atomic E-state index is 6.28. The van der Waals surface area contributed by atoms with Crippen molar-refractivity contribution < 1.29 is 0 Å². The molecule has 3 aromatic rings. The number of aromatic amines is 1. The summed E-state index contributed by atoms with van der Waals surface area (Å²) in [5.41, 5.74) is 5.33. The van der Waals surface area contributed by atoms with E-state index in [1.807, 2.05) is 13.0 Å². The van der Waals surface area contributed by atoms with Gasteiger partial charge < -0.3 is 19.7 Å². The van der Waals surface area contributed by atoms with Crippen LogP contribution in [0.25, 0.3) is 22.4 Å². The van der Waals surface area contributed by atoms with Gasteiger partial charge in [0, 0.05) is 42.5 Å². The summed E-state index contributed by atoms with van der Waals surface area (Å²) in [7, 11) is 0. The van der Waals surface area contributed by atoms with Crippen molar-refractivity contribution >= 4 is 28.3 Å². The zero-order valence-electron chi connectivity index (χ0n) is 20.3. The highest BCUT2D eigenvalue weighted by Crippen LogP contribution is 2.27. The number of likely N-dealkylation sites (N-methyl/N-ethyl adjacent to an activating group) is 2. The minimum absolute atomic E-state index is 0.753. The highest BCUT2D eigenvalue weighted by Gasteiger charge is 2.12. The number of fused-ring (bicyclic) bond motifs is 1. The molecule has 32 heavy (non-hydrogen) atoms. The molecule has 6 heteroatoms. The molecule has 174 valence electrons. The Bertz CT molecular complexity index is 919. The van der Waals surface area contributed by atoms with Crippen molar-refractivity contribution in [3.63, 3.8) is 0 Å². The number of hydrogen-bond acceptors (Lipinski definition) is 4. The fraction of sp³-hybridized carbons (Fsp3) is 0.500. The number of imidazole rings is 1. The van der Waals surface area contributed by atoms with E-state index in [9.17, 15) is 0 Å². The molecule has 0 spiro atoms. The Morgan fingerprint density at radius 2 is 1.38 bits per heavy atom. The minimum atomic E-state index is 0.753. The van der Waals surface area contributed by atoms with Gasteiger partial charge >= 0.3 is 0 Å². The zero-order chi connectivity index (χ0) is 23.1. The third-order valence-corrected chi connectivity index (χ3v) is 6.84. The molecular formula is C26H38ClN5. The maximum absolute atomic E-state index is 6.28. The first-order valence-corrected chi connectivity index (χ1v) is 12.3. The summed E-state index contributed by atoms with van der Waals surface area (Å²) < 4.78 is 0. The average molecular weight is 456 g/mol. The molecule has 0 fully saturated rings. The van der Waals surface area contributed by atoms with Crippen molar-refractivity contribution in [1.82, 2.24) is 19.8 Å². The number of anilines is 1. The molecular weight excluding hydrogens is 418 g/mol. The van der Waals surface area contributed by atoms with Crippen LogP contribution < -0.4 is 4.90 Å². The molecule has 0 aliphatic heterocycles. The number of rotatable bonds is 12. The first-order valence-electron chi connectivity index (χ1n) is 11.9. The molecule has 0 bridgehead atoms. The van der Waals surface area contributed by atoms with Gasteiger partial charge in [-0.2, -0.15) is 0 Å². The first-order chi connectivity index (χ1) is 15.5. The van der Waals surface area contributed by atoms with E-state index in [-0.39, 0.29) is 0 Å². The van der Waals surface area contributed by atoms with Gasteiger partial charge in [0.2, 0.25) is 0 Å². The molecule has 1 aromatic heterocycles. The Kier molecular flexibility index (Phi) is 8.97. The van der Waals surface area contributed by atoms with Crippen molar-refractivity contribution in [3.05, 3.63) is 47.0 Å². The molecule has 0 aliphatic carbocycles. The Morgan fingerprint density at radius 1 is 0.812 bits per heavy atom. The largest absolute Gasteiger partial charge is 0.369 e. The van der Waals surface area contributed by atoms with Crippen molar-refractivity contribution in [2.24, 2.45) is 0 Å². The molecule has 1 heterocycles. The second kappa shape index (κ2) is 11.7. The molecule has 2 aromatic carbocycles. The van der Waals surface area contributed by atoms with Crippen LogP contribution in [0.5, 0.6) is 0 Å². The molecule has 0 aliphatic rings. The summed E-state index contributed by atoms with van der Waals surface area (Å²) in [6.07, 6.45) is 0. The highest BCUT2D eigenvalue weighted by molar-refractivity contribution is 6.32. The maximum Gasteiger partial charge on any atom is 0.138 e. The van der Waals surface area contributed by atoms with E-state index < -0.39 is 0 Å². The molecule has 1 N–H and O–H groups in total. The molecule has 0 amide bonds. The predicted molar refractivity (Wildman–Crippen MR) is 139 cm³/mol. The number of halogens is 1. The number of aryl methyl sites for hydroxylation is 1.